The van der Waals surface area contributed by atoms with Gasteiger partial charge in [0.25, 0.3) is 8.32 Å². The molecule has 5 atom stereocenters. The van der Waals surface area contributed by atoms with Gasteiger partial charge in [-0.3, -0.25) is 4.84 Å². The number of fused-ring (bicyclic) bond motifs is 1. The van der Waals surface area contributed by atoms with Crippen LogP contribution in [0, 0.1) is 0 Å². The van der Waals surface area contributed by atoms with Crippen molar-refractivity contribution in [3.8, 4) is 0 Å². The fraction of sp³-hybridized carbons (Fsp3) is 0.571. The fourth-order valence-corrected chi connectivity index (χ4v) is 10.4. The lowest BCUT2D eigenvalue weighted by molar-refractivity contribution is -0.277. The first kappa shape index (κ1) is 26.0. The summed E-state index contributed by atoms with van der Waals surface area (Å²) in [5.41, 5.74) is 0. The summed E-state index contributed by atoms with van der Waals surface area (Å²) in [6, 6.07) is 21.2. The maximum Gasteiger partial charge on any atom is 0.261 e. The summed E-state index contributed by atoms with van der Waals surface area (Å²) >= 11 is 0. The standard InChI is InChI=1S/C28H39NO6Si/c1-27(2,3)36(21-12-8-6-9-13-21,22-14-10-7-11-15-22)31-19-23-24-25(34-28(4,5)33-24)26(32-23)29-17-16-20(18-30)35-29/h6-15,20,23-26,30H,16-19H2,1-5H3/t20?,23-,24+,25+,26-/m1/s1. The van der Waals surface area contributed by atoms with E-state index in [0.717, 1.165) is 6.42 Å². The van der Waals surface area contributed by atoms with Gasteiger partial charge in [-0.05, 0) is 35.7 Å². The minimum atomic E-state index is -2.72. The van der Waals surface area contributed by atoms with E-state index in [1.807, 2.05) is 31.0 Å². The number of aliphatic hydroxyl groups excluding tert-OH is 1. The summed E-state index contributed by atoms with van der Waals surface area (Å²) in [7, 11) is -2.72. The zero-order valence-electron chi connectivity index (χ0n) is 21.9. The fourth-order valence-electron chi connectivity index (χ4n) is 5.87. The van der Waals surface area contributed by atoms with Crippen LogP contribution >= 0.6 is 0 Å². The second-order valence-corrected chi connectivity index (χ2v) is 15.7. The van der Waals surface area contributed by atoms with Gasteiger partial charge in [-0.15, -0.1) is 0 Å². The quantitative estimate of drug-likeness (QED) is 0.571. The maximum absolute atomic E-state index is 9.55. The smallest absolute Gasteiger partial charge is 0.261 e. The third-order valence-electron chi connectivity index (χ3n) is 7.45. The number of hydrogen-bond acceptors (Lipinski definition) is 7. The summed E-state index contributed by atoms with van der Waals surface area (Å²) in [5, 5.41) is 13.7. The molecule has 0 radical (unpaired) electrons. The molecule has 0 aliphatic carbocycles. The molecular formula is C28H39NO6Si. The molecule has 5 rings (SSSR count). The lowest BCUT2D eigenvalue weighted by atomic mass is 10.1. The van der Waals surface area contributed by atoms with Crippen molar-refractivity contribution in [2.75, 3.05) is 19.8 Å². The number of nitrogens with zero attached hydrogens (tertiary/aromatic N) is 1. The van der Waals surface area contributed by atoms with Gasteiger partial charge in [0.05, 0.1) is 13.2 Å². The number of benzene rings is 2. The van der Waals surface area contributed by atoms with Crippen molar-refractivity contribution >= 4 is 18.7 Å². The molecule has 0 amide bonds. The Morgan fingerprint density at radius 2 is 1.56 bits per heavy atom. The predicted octanol–water partition coefficient (Wildman–Crippen LogP) is 2.81. The molecule has 7 nitrogen and oxygen atoms in total. The molecule has 8 heteroatoms. The van der Waals surface area contributed by atoms with Crippen LogP contribution in [0.1, 0.15) is 41.0 Å². The van der Waals surface area contributed by atoms with Gasteiger partial charge in [-0.1, -0.05) is 81.4 Å². The lowest BCUT2D eigenvalue weighted by Gasteiger charge is -2.43. The second kappa shape index (κ2) is 9.92. The zero-order chi connectivity index (χ0) is 25.6. The highest BCUT2D eigenvalue weighted by Crippen LogP contribution is 2.42. The van der Waals surface area contributed by atoms with Crippen molar-refractivity contribution < 1.29 is 28.6 Å². The van der Waals surface area contributed by atoms with E-state index in [-0.39, 0.29) is 36.1 Å². The van der Waals surface area contributed by atoms with E-state index in [2.05, 4.69) is 69.3 Å². The van der Waals surface area contributed by atoms with E-state index in [0.29, 0.717) is 13.2 Å². The molecule has 0 bridgehead atoms. The Kier molecular flexibility index (Phi) is 7.17. The third-order valence-corrected chi connectivity index (χ3v) is 12.5. The summed E-state index contributed by atoms with van der Waals surface area (Å²) in [6.45, 7) is 11.7. The van der Waals surface area contributed by atoms with Crippen molar-refractivity contribution in [2.45, 2.75) is 82.5 Å². The van der Waals surface area contributed by atoms with Crippen molar-refractivity contribution in [2.24, 2.45) is 0 Å². The second-order valence-electron chi connectivity index (χ2n) is 11.4. The van der Waals surface area contributed by atoms with Gasteiger partial charge in [0.2, 0.25) is 0 Å². The number of hydrogen-bond donors (Lipinski definition) is 1. The minimum Gasteiger partial charge on any atom is -0.405 e. The van der Waals surface area contributed by atoms with Crippen LogP contribution in [-0.4, -0.2) is 74.7 Å². The van der Waals surface area contributed by atoms with Crippen molar-refractivity contribution in [3.63, 3.8) is 0 Å². The first-order chi connectivity index (χ1) is 17.1. The summed E-state index contributed by atoms with van der Waals surface area (Å²) in [6.07, 6.45) is -0.775. The predicted molar refractivity (Wildman–Crippen MR) is 139 cm³/mol. The van der Waals surface area contributed by atoms with Crippen LogP contribution in [0.15, 0.2) is 60.7 Å². The Balaban J connectivity index is 1.45. The summed E-state index contributed by atoms with van der Waals surface area (Å²) < 4.78 is 26.3. The molecule has 0 saturated carbocycles. The van der Waals surface area contributed by atoms with Gasteiger partial charge in [-0.2, -0.15) is 5.06 Å². The topological polar surface area (TPSA) is 69.6 Å². The number of rotatable bonds is 7. The van der Waals surface area contributed by atoms with Crippen molar-refractivity contribution in [1.29, 1.82) is 0 Å². The van der Waals surface area contributed by atoms with Crippen LogP contribution in [0.5, 0.6) is 0 Å². The molecule has 3 aliphatic heterocycles. The highest BCUT2D eigenvalue weighted by molar-refractivity contribution is 6.99. The first-order valence-electron chi connectivity index (χ1n) is 12.9. The van der Waals surface area contributed by atoms with E-state index < -0.39 is 20.3 Å². The molecule has 3 aliphatic rings. The van der Waals surface area contributed by atoms with Crippen LogP contribution in [0.4, 0.5) is 0 Å². The van der Waals surface area contributed by atoms with E-state index in [4.69, 9.17) is 23.5 Å². The van der Waals surface area contributed by atoms with Gasteiger partial charge in [0.15, 0.2) is 12.0 Å². The van der Waals surface area contributed by atoms with Crippen LogP contribution in [0.2, 0.25) is 5.04 Å². The van der Waals surface area contributed by atoms with Crippen molar-refractivity contribution in [3.05, 3.63) is 60.7 Å². The Morgan fingerprint density at radius 3 is 2.08 bits per heavy atom. The molecule has 0 spiro atoms. The Hall–Kier alpha value is -1.62. The summed E-state index contributed by atoms with van der Waals surface area (Å²) in [5.74, 6) is -0.719. The number of hydroxylamine groups is 2. The number of ether oxygens (including phenoxy) is 3. The monoisotopic (exact) mass is 513 g/mol. The average Bonchev–Trinajstić information content (AvgIpc) is 3.53. The molecule has 0 aromatic heterocycles. The van der Waals surface area contributed by atoms with Crippen LogP contribution in [-0.2, 0) is 23.5 Å². The number of aliphatic hydroxyl groups is 1. The maximum atomic E-state index is 9.55. The van der Waals surface area contributed by atoms with E-state index in [1.54, 1.807) is 0 Å². The highest BCUT2D eigenvalue weighted by Gasteiger charge is 2.59. The van der Waals surface area contributed by atoms with Gasteiger partial charge in [0.1, 0.15) is 24.4 Å². The molecule has 3 fully saturated rings. The molecule has 1 unspecified atom stereocenters. The van der Waals surface area contributed by atoms with E-state index >= 15 is 0 Å². The van der Waals surface area contributed by atoms with Gasteiger partial charge in [0, 0.05) is 6.54 Å². The van der Waals surface area contributed by atoms with Gasteiger partial charge >= 0.3 is 0 Å². The van der Waals surface area contributed by atoms with Gasteiger partial charge < -0.3 is 23.7 Å². The molecule has 3 heterocycles. The van der Waals surface area contributed by atoms with Crippen LogP contribution in [0.3, 0.4) is 0 Å². The molecule has 2 aromatic carbocycles. The zero-order valence-corrected chi connectivity index (χ0v) is 22.9. The molecule has 36 heavy (non-hydrogen) atoms. The highest BCUT2D eigenvalue weighted by atomic mass is 28.4. The SMILES string of the molecule is CC1(C)O[C@@H]2[C@H](O1)[C@H](N1CCC(CO)O1)O[C@@H]2CO[Si](c1ccccc1)(c1ccccc1)C(C)(C)C. The van der Waals surface area contributed by atoms with E-state index in [1.165, 1.54) is 10.4 Å². The normalized spacial score (nSPS) is 30.6. The molecule has 3 saturated heterocycles. The Bertz CT molecular complexity index is 974. The molecule has 196 valence electrons. The van der Waals surface area contributed by atoms with Gasteiger partial charge in [-0.25, -0.2) is 0 Å². The van der Waals surface area contributed by atoms with Crippen LogP contribution < -0.4 is 10.4 Å². The average molecular weight is 514 g/mol. The molecular weight excluding hydrogens is 474 g/mol. The Labute approximate surface area is 215 Å². The largest absolute Gasteiger partial charge is 0.405 e. The third kappa shape index (κ3) is 4.70. The first-order valence-corrected chi connectivity index (χ1v) is 14.9. The van der Waals surface area contributed by atoms with Crippen LogP contribution in [0.25, 0.3) is 0 Å². The Morgan fingerprint density at radius 1 is 0.972 bits per heavy atom. The molecule has 2 aromatic rings. The minimum absolute atomic E-state index is 0.0133. The molecule has 1 N–H and O–H groups in total. The summed E-state index contributed by atoms with van der Waals surface area (Å²) in [4.78, 5) is 5.95. The van der Waals surface area contributed by atoms with E-state index in [9.17, 15) is 5.11 Å². The lowest BCUT2D eigenvalue weighted by Crippen LogP contribution is -2.67. The van der Waals surface area contributed by atoms with Crippen molar-refractivity contribution in [1.82, 2.24) is 5.06 Å².